The molecule has 0 unspecified atom stereocenters. The molecule has 10 heteroatoms. The van der Waals surface area contributed by atoms with E-state index in [4.69, 9.17) is 23.2 Å². The van der Waals surface area contributed by atoms with E-state index in [1.807, 2.05) is 26.8 Å². The fourth-order valence-corrected chi connectivity index (χ4v) is 6.01. The van der Waals surface area contributed by atoms with Crippen LogP contribution < -0.4 is 9.62 Å². The second-order valence-electron chi connectivity index (χ2n) is 9.27. The standard InChI is InChI=1S/C29H33Cl2N3O4S/c1-5-16-32-29(36)22(4)33(18-23-14-15-24(30)17-26(23)31)28(35)19-34(27-13-9-10-20(2)21(27)3)39(37,38)25-11-7-6-8-12-25/h6-15,17,22H,5,16,18-19H2,1-4H3,(H,32,36)/t22-/m1/s1. The molecule has 3 aromatic rings. The third-order valence-electron chi connectivity index (χ3n) is 6.53. The van der Waals surface area contributed by atoms with Crippen LogP contribution in [-0.2, 0) is 26.2 Å². The smallest absolute Gasteiger partial charge is 0.264 e. The van der Waals surface area contributed by atoms with Gasteiger partial charge in [-0.15, -0.1) is 0 Å². The second-order valence-corrected chi connectivity index (χ2v) is 12.0. The fourth-order valence-electron chi connectivity index (χ4n) is 4.05. The lowest BCUT2D eigenvalue weighted by atomic mass is 10.1. The molecule has 0 saturated carbocycles. The maximum absolute atomic E-state index is 14.0. The summed E-state index contributed by atoms with van der Waals surface area (Å²) in [5.74, 6) is -0.903. The van der Waals surface area contributed by atoms with Gasteiger partial charge in [0.1, 0.15) is 12.6 Å². The molecule has 0 heterocycles. The number of aryl methyl sites for hydroxylation is 1. The molecule has 0 aliphatic heterocycles. The molecule has 0 spiro atoms. The minimum absolute atomic E-state index is 0.0123. The van der Waals surface area contributed by atoms with Gasteiger partial charge in [0.25, 0.3) is 10.0 Å². The number of hydrogen-bond acceptors (Lipinski definition) is 4. The molecule has 0 radical (unpaired) electrons. The number of hydrogen-bond donors (Lipinski definition) is 1. The van der Waals surface area contributed by atoms with Crippen molar-refractivity contribution in [1.29, 1.82) is 0 Å². The molecule has 0 saturated heterocycles. The van der Waals surface area contributed by atoms with Gasteiger partial charge in [-0.2, -0.15) is 0 Å². The van der Waals surface area contributed by atoms with Crippen LogP contribution in [0.2, 0.25) is 10.0 Å². The molecule has 2 amide bonds. The lowest BCUT2D eigenvalue weighted by Crippen LogP contribution is -2.51. The van der Waals surface area contributed by atoms with Crippen molar-refractivity contribution in [2.75, 3.05) is 17.4 Å². The first-order valence-corrected chi connectivity index (χ1v) is 14.8. The highest BCUT2D eigenvalue weighted by molar-refractivity contribution is 7.92. The van der Waals surface area contributed by atoms with E-state index >= 15 is 0 Å². The van der Waals surface area contributed by atoms with Crippen molar-refractivity contribution in [3.05, 3.63) is 93.5 Å². The molecule has 7 nitrogen and oxygen atoms in total. The molecule has 0 fully saturated rings. The van der Waals surface area contributed by atoms with E-state index in [1.54, 1.807) is 55.5 Å². The second kappa shape index (κ2) is 13.3. The van der Waals surface area contributed by atoms with Crippen LogP contribution in [0.5, 0.6) is 0 Å². The maximum Gasteiger partial charge on any atom is 0.264 e. The van der Waals surface area contributed by atoms with Crippen LogP contribution in [-0.4, -0.2) is 44.3 Å². The van der Waals surface area contributed by atoms with E-state index in [-0.39, 0.29) is 17.3 Å². The summed E-state index contributed by atoms with van der Waals surface area (Å²) in [5.41, 5.74) is 2.57. The first-order chi connectivity index (χ1) is 18.5. The van der Waals surface area contributed by atoms with E-state index < -0.39 is 28.5 Å². The van der Waals surface area contributed by atoms with Crippen LogP contribution in [0, 0.1) is 13.8 Å². The van der Waals surface area contributed by atoms with Gasteiger partial charge in [-0.1, -0.05) is 66.5 Å². The number of nitrogens with zero attached hydrogens (tertiary/aromatic N) is 2. The zero-order valence-corrected chi connectivity index (χ0v) is 24.8. The predicted molar refractivity (Wildman–Crippen MR) is 157 cm³/mol. The van der Waals surface area contributed by atoms with Gasteiger partial charge in [-0.3, -0.25) is 13.9 Å². The number of carbonyl (C=O) groups excluding carboxylic acids is 2. The van der Waals surface area contributed by atoms with Crippen LogP contribution in [0.1, 0.15) is 37.0 Å². The Kier molecular flexibility index (Phi) is 10.4. The topological polar surface area (TPSA) is 86.8 Å². The van der Waals surface area contributed by atoms with Gasteiger partial charge in [-0.25, -0.2) is 8.42 Å². The van der Waals surface area contributed by atoms with Crippen molar-refractivity contribution < 1.29 is 18.0 Å². The number of rotatable bonds is 11. The quantitative estimate of drug-likeness (QED) is 0.308. The first-order valence-electron chi connectivity index (χ1n) is 12.6. The third-order valence-corrected chi connectivity index (χ3v) is 8.89. The number of sulfonamides is 1. The van der Waals surface area contributed by atoms with Crippen LogP contribution in [0.3, 0.4) is 0 Å². The maximum atomic E-state index is 14.0. The van der Waals surface area contributed by atoms with Gasteiger partial charge in [0.15, 0.2) is 0 Å². The van der Waals surface area contributed by atoms with Crippen molar-refractivity contribution >= 4 is 50.7 Å². The molecule has 1 N–H and O–H groups in total. The van der Waals surface area contributed by atoms with Crippen LogP contribution in [0.15, 0.2) is 71.6 Å². The minimum atomic E-state index is -4.13. The van der Waals surface area contributed by atoms with Crippen molar-refractivity contribution in [3.63, 3.8) is 0 Å². The lowest BCUT2D eigenvalue weighted by Gasteiger charge is -2.32. The first kappa shape index (κ1) is 30.5. The molecular weight excluding hydrogens is 557 g/mol. The van der Waals surface area contributed by atoms with Crippen molar-refractivity contribution in [2.24, 2.45) is 0 Å². The van der Waals surface area contributed by atoms with E-state index in [1.165, 1.54) is 17.0 Å². The lowest BCUT2D eigenvalue weighted by molar-refractivity contribution is -0.139. The highest BCUT2D eigenvalue weighted by Gasteiger charge is 2.33. The van der Waals surface area contributed by atoms with E-state index in [0.29, 0.717) is 27.8 Å². The monoisotopic (exact) mass is 589 g/mol. The Bertz CT molecular complexity index is 1430. The number of anilines is 1. The van der Waals surface area contributed by atoms with E-state index in [9.17, 15) is 18.0 Å². The summed E-state index contributed by atoms with van der Waals surface area (Å²) in [7, 11) is -4.13. The molecule has 0 aromatic heterocycles. The molecule has 0 bridgehead atoms. The summed E-state index contributed by atoms with van der Waals surface area (Å²) in [6, 6.07) is 17.3. The number of halogens is 2. The summed E-state index contributed by atoms with van der Waals surface area (Å²) < 4.78 is 28.9. The van der Waals surface area contributed by atoms with E-state index in [2.05, 4.69) is 5.32 Å². The molecule has 0 aliphatic carbocycles. The van der Waals surface area contributed by atoms with E-state index in [0.717, 1.165) is 21.9 Å². The SMILES string of the molecule is CCCNC(=O)[C@@H](C)N(Cc1ccc(Cl)cc1Cl)C(=O)CN(c1cccc(C)c1C)S(=O)(=O)c1ccccc1. The summed E-state index contributed by atoms with van der Waals surface area (Å²) in [4.78, 5) is 28.3. The molecule has 208 valence electrons. The molecule has 1 atom stereocenters. The van der Waals surface area contributed by atoms with Gasteiger partial charge >= 0.3 is 0 Å². The summed E-state index contributed by atoms with van der Waals surface area (Å²) in [6.45, 7) is 7.15. The van der Waals surface area contributed by atoms with Crippen molar-refractivity contribution in [2.45, 2.75) is 51.6 Å². The Hall–Kier alpha value is -3.07. The molecule has 0 aliphatic rings. The highest BCUT2D eigenvalue weighted by atomic mass is 35.5. The zero-order valence-electron chi connectivity index (χ0n) is 22.4. The molecule has 39 heavy (non-hydrogen) atoms. The number of nitrogens with one attached hydrogen (secondary N) is 1. The Morgan fingerprint density at radius 3 is 2.31 bits per heavy atom. The third kappa shape index (κ3) is 7.32. The summed E-state index contributed by atoms with van der Waals surface area (Å²) >= 11 is 12.5. The molecule has 3 rings (SSSR count). The number of carbonyl (C=O) groups is 2. The summed E-state index contributed by atoms with van der Waals surface area (Å²) in [5, 5.41) is 3.59. The Balaban J connectivity index is 2.07. The zero-order chi connectivity index (χ0) is 28.7. The fraction of sp³-hybridized carbons (Fsp3) is 0.310. The van der Waals surface area contributed by atoms with Gasteiger partial charge in [0.2, 0.25) is 11.8 Å². The van der Waals surface area contributed by atoms with Crippen molar-refractivity contribution in [3.8, 4) is 0 Å². The van der Waals surface area contributed by atoms with Gasteiger partial charge in [-0.05, 0) is 74.2 Å². The van der Waals surface area contributed by atoms with Gasteiger partial charge in [0.05, 0.1) is 10.6 Å². The highest BCUT2D eigenvalue weighted by Crippen LogP contribution is 2.29. The van der Waals surface area contributed by atoms with Crippen LogP contribution >= 0.6 is 23.2 Å². The van der Waals surface area contributed by atoms with Gasteiger partial charge < -0.3 is 10.2 Å². The number of amides is 2. The molecule has 3 aromatic carbocycles. The normalized spacial score (nSPS) is 12.1. The predicted octanol–water partition coefficient (Wildman–Crippen LogP) is 5.75. The average molecular weight is 591 g/mol. The van der Waals surface area contributed by atoms with Crippen LogP contribution in [0.25, 0.3) is 0 Å². The van der Waals surface area contributed by atoms with Gasteiger partial charge in [0, 0.05) is 23.1 Å². The molecular formula is C29H33Cl2N3O4S. The summed E-state index contributed by atoms with van der Waals surface area (Å²) in [6.07, 6.45) is 0.727. The van der Waals surface area contributed by atoms with Crippen LogP contribution in [0.4, 0.5) is 5.69 Å². The minimum Gasteiger partial charge on any atom is -0.354 e. The largest absolute Gasteiger partial charge is 0.354 e. The average Bonchev–Trinajstić information content (AvgIpc) is 2.91. The number of benzene rings is 3. The Labute approximate surface area is 240 Å². The Morgan fingerprint density at radius 2 is 1.67 bits per heavy atom. The van der Waals surface area contributed by atoms with Crippen molar-refractivity contribution in [1.82, 2.24) is 10.2 Å². The Morgan fingerprint density at radius 1 is 0.974 bits per heavy atom.